The van der Waals surface area contributed by atoms with Crippen LogP contribution < -0.4 is 9.64 Å². The Hall–Kier alpha value is -1.22. The molecule has 3 fully saturated rings. The molecule has 3 aliphatic rings. The molecule has 1 aromatic heterocycles. The molecule has 5 rings (SSSR count). The summed E-state index contributed by atoms with van der Waals surface area (Å²) in [5.41, 5.74) is 0.292. The minimum absolute atomic E-state index is 0.0414. The molecule has 0 amide bonds. The number of hydrogen-bond acceptors (Lipinski definition) is 6. The Labute approximate surface area is 189 Å². The Balaban J connectivity index is 1.53. The third kappa shape index (κ3) is 3.55. The summed E-state index contributed by atoms with van der Waals surface area (Å²) in [6, 6.07) is 1.81. The first-order valence-corrected chi connectivity index (χ1v) is 11.8. The molecule has 0 atom stereocenters. The number of ether oxygens (including phenoxy) is 1. The van der Waals surface area contributed by atoms with E-state index in [1.165, 1.54) is 12.8 Å². The SMILES string of the molecule is CN1CCN(c2nc(OCC34CCCN3CCC4)nc3c(F)c(Cl)cc(Br)c23)CC1. The standard InChI is InChI=1S/C21H26BrClFN5O/c1-27-8-10-28(11-9-27)19-16-14(22)12-15(23)17(24)18(16)25-20(26-19)30-13-21-4-2-6-29(21)7-3-5-21/h12H,2-11,13H2,1H3. The van der Waals surface area contributed by atoms with Gasteiger partial charge in [0.05, 0.1) is 15.9 Å². The molecule has 4 heterocycles. The third-order valence-electron chi connectivity index (χ3n) is 6.86. The number of rotatable bonds is 4. The lowest BCUT2D eigenvalue weighted by Crippen LogP contribution is -2.45. The van der Waals surface area contributed by atoms with Crippen LogP contribution in [-0.4, -0.2) is 78.2 Å². The second-order valence-corrected chi connectivity index (χ2v) is 9.97. The number of fused-ring (bicyclic) bond motifs is 2. The van der Waals surface area contributed by atoms with Gasteiger partial charge in [0.15, 0.2) is 5.82 Å². The fourth-order valence-corrected chi connectivity index (χ4v) is 6.06. The van der Waals surface area contributed by atoms with Gasteiger partial charge in [-0.1, -0.05) is 11.6 Å². The Morgan fingerprint density at radius 3 is 2.53 bits per heavy atom. The van der Waals surface area contributed by atoms with Gasteiger partial charge in [-0.25, -0.2) is 4.39 Å². The quantitative estimate of drug-likeness (QED) is 0.595. The Morgan fingerprint density at radius 2 is 1.83 bits per heavy atom. The topological polar surface area (TPSA) is 44.7 Å². The summed E-state index contributed by atoms with van der Waals surface area (Å²) in [6.07, 6.45) is 4.67. The van der Waals surface area contributed by atoms with E-state index in [1.807, 2.05) is 0 Å². The lowest BCUT2D eigenvalue weighted by atomic mass is 9.95. The van der Waals surface area contributed by atoms with Gasteiger partial charge in [-0.05, 0) is 67.8 Å². The van der Waals surface area contributed by atoms with Gasteiger partial charge >= 0.3 is 6.01 Å². The Morgan fingerprint density at radius 1 is 1.13 bits per heavy atom. The van der Waals surface area contributed by atoms with Crippen molar-refractivity contribution in [3.63, 3.8) is 0 Å². The molecule has 3 saturated heterocycles. The van der Waals surface area contributed by atoms with Crippen molar-refractivity contribution in [2.24, 2.45) is 0 Å². The van der Waals surface area contributed by atoms with Crippen LogP contribution in [0.15, 0.2) is 10.5 Å². The summed E-state index contributed by atoms with van der Waals surface area (Å²) < 4.78 is 21.8. The normalized spacial score (nSPS) is 22.1. The van der Waals surface area contributed by atoms with Crippen LogP contribution in [0.4, 0.5) is 10.2 Å². The van der Waals surface area contributed by atoms with E-state index in [4.69, 9.17) is 21.3 Å². The molecule has 1 aromatic carbocycles. The Kier molecular flexibility index (Phi) is 5.54. The molecule has 0 bridgehead atoms. The van der Waals surface area contributed by atoms with Gasteiger partial charge in [0, 0.05) is 30.7 Å². The lowest BCUT2D eigenvalue weighted by molar-refractivity contribution is 0.108. The predicted octanol–water partition coefficient (Wildman–Crippen LogP) is 3.94. The number of piperazine rings is 1. The highest BCUT2D eigenvalue weighted by atomic mass is 79.9. The number of halogens is 3. The minimum atomic E-state index is -0.529. The first-order valence-electron chi connectivity index (χ1n) is 10.6. The smallest absolute Gasteiger partial charge is 0.319 e. The lowest BCUT2D eigenvalue weighted by Gasteiger charge is -2.34. The molecule has 0 aliphatic carbocycles. The predicted molar refractivity (Wildman–Crippen MR) is 120 cm³/mol. The van der Waals surface area contributed by atoms with E-state index in [0.29, 0.717) is 22.3 Å². The van der Waals surface area contributed by atoms with Crippen molar-refractivity contribution in [3.8, 4) is 6.01 Å². The maximum Gasteiger partial charge on any atom is 0.319 e. The van der Waals surface area contributed by atoms with E-state index >= 15 is 0 Å². The van der Waals surface area contributed by atoms with Gasteiger partial charge in [-0.15, -0.1) is 0 Å². The maximum atomic E-state index is 15.0. The van der Waals surface area contributed by atoms with Gasteiger partial charge in [0.2, 0.25) is 0 Å². The first kappa shape index (κ1) is 20.7. The highest BCUT2D eigenvalue weighted by Gasteiger charge is 2.45. The van der Waals surface area contributed by atoms with Gasteiger partial charge in [-0.2, -0.15) is 9.97 Å². The molecule has 6 nitrogen and oxygen atoms in total. The molecule has 0 N–H and O–H groups in total. The van der Waals surface area contributed by atoms with Crippen molar-refractivity contribution < 1.29 is 9.13 Å². The van der Waals surface area contributed by atoms with Crippen molar-refractivity contribution in [2.75, 3.05) is 57.8 Å². The zero-order valence-electron chi connectivity index (χ0n) is 17.1. The zero-order chi connectivity index (χ0) is 20.9. The number of nitrogens with zero attached hydrogens (tertiary/aromatic N) is 5. The summed E-state index contributed by atoms with van der Waals surface area (Å²) in [7, 11) is 2.10. The van der Waals surface area contributed by atoms with Crippen molar-refractivity contribution in [2.45, 2.75) is 31.2 Å². The highest BCUT2D eigenvalue weighted by Crippen LogP contribution is 2.40. The fourth-order valence-electron chi connectivity index (χ4n) is 5.14. The summed E-state index contributed by atoms with van der Waals surface area (Å²) in [4.78, 5) is 16.2. The summed E-state index contributed by atoms with van der Waals surface area (Å²) >= 11 is 9.67. The molecule has 0 saturated carbocycles. The van der Waals surface area contributed by atoms with Crippen LogP contribution in [-0.2, 0) is 0 Å². The summed E-state index contributed by atoms with van der Waals surface area (Å²) in [5, 5.41) is 0.690. The molecule has 0 spiro atoms. The van der Waals surface area contributed by atoms with Gasteiger partial charge in [0.1, 0.15) is 17.9 Å². The minimum Gasteiger partial charge on any atom is -0.461 e. The maximum absolute atomic E-state index is 15.0. The molecule has 30 heavy (non-hydrogen) atoms. The van der Waals surface area contributed by atoms with Crippen molar-refractivity contribution in [1.29, 1.82) is 0 Å². The third-order valence-corrected chi connectivity index (χ3v) is 7.76. The van der Waals surface area contributed by atoms with Crippen LogP contribution in [0.5, 0.6) is 6.01 Å². The largest absolute Gasteiger partial charge is 0.461 e. The first-order chi connectivity index (χ1) is 14.5. The monoisotopic (exact) mass is 497 g/mol. The molecule has 3 aliphatic heterocycles. The average molecular weight is 499 g/mol. The molecular weight excluding hydrogens is 473 g/mol. The van der Waals surface area contributed by atoms with E-state index in [2.05, 4.69) is 42.7 Å². The van der Waals surface area contributed by atoms with E-state index in [-0.39, 0.29) is 22.1 Å². The van der Waals surface area contributed by atoms with Gasteiger partial charge in [0.25, 0.3) is 0 Å². The number of anilines is 1. The van der Waals surface area contributed by atoms with E-state index < -0.39 is 5.82 Å². The van der Waals surface area contributed by atoms with E-state index in [1.54, 1.807) is 6.07 Å². The molecule has 0 unspecified atom stereocenters. The van der Waals surface area contributed by atoms with Crippen LogP contribution in [0, 0.1) is 5.82 Å². The van der Waals surface area contributed by atoms with Crippen molar-refractivity contribution >= 4 is 44.3 Å². The number of likely N-dealkylation sites (N-methyl/N-ethyl adjacent to an activating group) is 1. The highest BCUT2D eigenvalue weighted by molar-refractivity contribution is 9.10. The molecule has 9 heteroatoms. The average Bonchev–Trinajstić information content (AvgIpc) is 3.31. The number of aromatic nitrogens is 2. The van der Waals surface area contributed by atoms with Crippen LogP contribution in [0.2, 0.25) is 5.02 Å². The van der Waals surface area contributed by atoms with Crippen LogP contribution in [0.1, 0.15) is 25.7 Å². The van der Waals surface area contributed by atoms with Crippen molar-refractivity contribution in [1.82, 2.24) is 19.8 Å². The zero-order valence-corrected chi connectivity index (χ0v) is 19.5. The second kappa shape index (κ2) is 8.04. The van der Waals surface area contributed by atoms with Gasteiger partial charge < -0.3 is 14.5 Å². The van der Waals surface area contributed by atoms with Crippen LogP contribution in [0.25, 0.3) is 10.9 Å². The van der Waals surface area contributed by atoms with Gasteiger partial charge in [-0.3, -0.25) is 4.90 Å². The second-order valence-electron chi connectivity index (χ2n) is 8.71. The van der Waals surface area contributed by atoms with E-state index in [9.17, 15) is 4.39 Å². The van der Waals surface area contributed by atoms with E-state index in [0.717, 1.165) is 52.1 Å². The van der Waals surface area contributed by atoms with Crippen molar-refractivity contribution in [3.05, 3.63) is 21.4 Å². The molecular formula is C21H26BrClFN5O. The summed E-state index contributed by atoms with van der Waals surface area (Å²) in [5.74, 6) is 0.178. The number of hydrogen-bond donors (Lipinski definition) is 0. The molecule has 162 valence electrons. The number of benzene rings is 1. The van der Waals surface area contributed by atoms with Crippen LogP contribution in [0.3, 0.4) is 0 Å². The van der Waals surface area contributed by atoms with Crippen LogP contribution >= 0.6 is 27.5 Å². The Bertz CT molecular complexity index is 958. The fraction of sp³-hybridized carbons (Fsp3) is 0.619. The molecule has 2 aromatic rings. The summed E-state index contributed by atoms with van der Waals surface area (Å²) in [6.45, 7) is 6.29. The molecule has 0 radical (unpaired) electrons.